The molecule has 4 rings (SSSR count). The van der Waals surface area contributed by atoms with Crippen LogP contribution in [0.4, 0.5) is 0 Å². The van der Waals surface area contributed by atoms with Gasteiger partial charge in [-0.15, -0.1) is 0 Å². The minimum atomic E-state index is -0.175. The van der Waals surface area contributed by atoms with Crippen LogP contribution in [0.1, 0.15) is 29.9 Å². The molecule has 0 radical (unpaired) electrons. The summed E-state index contributed by atoms with van der Waals surface area (Å²) in [7, 11) is 1.73. The van der Waals surface area contributed by atoms with Crippen molar-refractivity contribution in [1.29, 1.82) is 0 Å². The first-order valence-electron chi connectivity index (χ1n) is 8.13. The zero-order valence-electron chi connectivity index (χ0n) is 13.5. The maximum absolute atomic E-state index is 9.65. The van der Waals surface area contributed by atoms with Gasteiger partial charge >= 0.3 is 0 Å². The van der Waals surface area contributed by atoms with Gasteiger partial charge in [0, 0.05) is 48.2 Å². The lowest BCUT2D eigenvalue weighted by atomic mass is 9.77. The number of aromatic amines is 1. The van der Waals surface area contributed by atoms with Crippen LogP contribution in [-0.4, -0.2) is 34.4 Å². The molecule has 1 aliphatic carbocycles. The van der Waals surface area contributed by atoms with Crippen LogP contribution < -0.4 is 5.73 Å². The molecule has 1 aliphatic rings. The summed E-state index contributed by atoms with van der Waals surface area (Å²) >= 11 is 0. The molecule has 4 N–H and O–H groups in total. The molecule has 2 aromatic heterocycles. The summed E-state index contributed by atoms with van der Waals surface area (Å²) in [5, 5.41) is 13.0. The molecule has 3 aromatic rings. The van der Waals surface area contributed by atoms with Crippen molar-refractivity contribution in [2.75, 3.05) is 7.05 Å². The third-order valence-corrected chi connectivity index (χ3v) is 4.88. The van der Waals surface area contributed by atoms with Crippen LogP contribution in [0.2, 0.25) is 0 Å². The molecule has 0 atom stereocenters. The van der Waals surface area contributed by atoms with Gasteiger partial charge in [-0.05, 0) is 41.3 Å². The highest BCUT2D eigenvalue weighted by Crippen LogP contribution is 2.41. The molecule has 0 spiro atoms. The Morgan fingerprint density at radius 1 is 1.42 bits per heavy atom. The average Bonchev–Trinajstić information content (AvgIpc) is 3.00. The average molecular weight is 320 g/mol. The van der Waals surface area contributed by atoms with Gasteiger partial charge in [-0.3, -0.25) is 4.99 Å². The Balaban J connectivity index is 1.93. The SMILES string of the molecule is CN=C/C(=C\N)c1ccc2cnc3[nH]cc(C4CC(O)C4)c3c2c1. The smallest absolute Gasteiger partial charge is 0.138 e. The van der Waals surface area contributed by atoms with Gasteiger partial charge in [0.05, 0.1) is 6.10 Å². The van der Waals surface area contributed by atoms with Crippen molar-refractivity contribution in [1.82, 2.24) is 9.97 Å². The van der Waals surface area contributed by atoms with Gasteiger partial charge in [0.1, 0.15) is 5.65 Å². The number of pyridine rings is 1. The Hall–Kier alpha value is -2.66. The highest BCUT2D eigenvalue weighted by Gasteiger charge is 2.30. The Kier molecular flexibility index (Phi) is 3.58. The van der Waals surface area contributed by atoms with Crippen molar-refractivity contribution < 1.29 is 5.11 Å². The second-order valence-corrected chi connectivity index (χ2v) is 6.36. The Labute approximate surface area is 139 Å². The number of fused-ring (bicyclic) bond motifs is 3. The van der Waals surface area contributed by atoms with Crippen LogP contribution in [0.15, 0.2) is 41.8 Å². The second-order valence-electron chi connectivity index (χ2n) is 6.36. The lowest BCUT2D eigenvalue weighted by molar-refractivity contribution is 0.0751. The molecule has 0 saturated heterocycles. The molecule has 5 nitrogen and oxygen atoms in total. The molecular weight excluding hydrogens is 300 g/mol. The molecule has 1 aromatic carbocycles. The number of allylic oxidation sites excluding steroid dienone is 1. The van der Waals surface area contributed by atoms with Gasteiger partial charge in [-0.1, -0.05) is 12.1 Å². The highest BCUT2D eigenvalue weighted by molar-refractivity contribution is 6.13. The topological polar surface area (TPSA) is 87.3 Å². The Bertz CT molecular complexity index is 964. The van der Waals surface area contributed by atoms with E-state index in [2.05, 4.69) is 27.1 Å². The summed E-state index contributed by atoms with van der Waals surface area (Å²) in [6.07, 6.45) is 8.72. The van der Waals surface area contributed by atoms with Gasteiger partial charge in [-0.25, -0.2) is 4.98 Å². The molecule has 122 valence electrons. The van der Waals surface area contributed by atoms with E-state index < -0.39 is 0 Å². The van der Waals surface area contributed by atoms with Crippen molar-refractivity contribution in [2.45, 2.75) is 24.9 Å². The number of aliphatic hydroxyl groups excluding tert-OH is 1. The molecule has 0 bridgehead atoms. The second kappa shape index (κ2) is 5.76. The standard InChI is InChI=1S/C19H20N4O/c1-21-8-14(7-20)11-2-3-12-9-22-19-18(16(12)6-11)17(10-23-19)13-4-15(24)5-13/h2-3,6-10,13,15,24H,4-5,20H2,1H3,(H,22,23)/b14-7+,21-8?. The predicted octanol–water partition coefficient (Wildman–Crippen LogP) is 2.95. The number of hydrogen-bond acceptors (Lipinski definition) is 4. The monoisotopic (exact) mass is 320 g/mol. The fourth-order valence-electron chi connectivity index (χ4n) is 3.53. The van der Waals surface area contributed by atoms with Crippen LogP contribution in [0.5, 0.6) is 0 Å². The van der Waals surface area contributed by atoms with Crippen LogP contribution >= 0.6 is 0 Å². The molecule has 2 heterocycles. The zero-order valence-corrected chi connectivity index (χ0v) is 13.5. The molecule has 1 fully saturated rings. The number of nitrogens with zero attached hydrogens (tertiary/aromatic N) is 2. The number of aliphatic imine (C=N–C) groups is 1. The van der Waals surface area contributed by atoms with Crippen LogP contribution in [0, 0.1) is 0 Å². The number of H-pyrrole nitrogens is 1. The third-order valence-electron chi connectivity index (χ3n) is 4.88. The van der Waals surface area contributed by atoms with E-state index in [9.17, 15) is 5.11 Å². The highest BCUT2D eigenvalue weighted by atomic mass is 16.3. The Morgan fingerprint density at radius 2 is 2.25 bits per heavy atom. The summed E-state index contributed by atoms with van der Waals surface area (Å²) in [6, 6.07) is 6.25. The molecule has 0 unspecified atom stereocenters. The lowest BCUT2D eigenvalue weighted by Gasteiger charge is -2.31. The van der Waals surface area contributed by atoms with Gasteiger partial charge in [-0.2, -0.15) is 0 Å². The van der Waals surface area contributed by atoms with Crippen molar-refractivity contribution in [3.8, 4) is 0 Å². The fourth-order valence-corrected chi connectivity index (χ4v) is 3.53. The summed E-state index contributed by atoms with van der Waals surface area (Å²) in [6.45, 7) is 0. The van der Waals surface area contributed by atoms with Crippen LogP contribution in [0.25, 0.3) is 27.4 Å². The van der Waals surface area contributed by atoms with E-state index in [4.69, 9.17) is 5.73 Å². The van der Waals surface area contributed by atoms with E-state index in [1.54, 1.807) is 19.5 Å². The van der Waals surface area contributed by atoms with Gasteiger partial charge in [0.15, 0.2) is 0 Å². The molecule has 24 heavy (non-hydrogen) atoms. The number of aromatic nitrogens is 2. The number of benzene rings is 1. The predicted molar refractivity (Wildman–Crippen MR) is 98.2 cm³/mol. The number of rotatable bonds is 3. The maximum atomic E-state index is 9.65. The first-order chi connectivity index (χ1) is 11.7. The number of hydrogen-bond donors (Lipinski definition) is 3. The number of nitrogens with two attached hydrogens (primary N) is 1. The van der Waals surface area contributed by atoms with E-state index in [0.29, 0.717) is 5.92 Å². The van der Waals surface area contributed by atoms with Crippen molar-refractivity contribution in [2.24, 2.45) is 10.7 Å². The first-order valence-corrected chi connectivity index (χ1v) is 8.13. The third kappa shape index (κ3) is 2.29. The van der Waals surface area contributed by atoms with E-state index in [-0.39, 0.29) is 6.10 Å². The largest absolute Gasteiger partial charge is 0.404 e. The first kappa shape index (κ1) is 14.9. The van der Waals surface area contributed by atoms with Crippen LogP contribution in [0.3, 0.4) is 0 Å². The van der Waals surface area contributed by atoms with E-state index >= 15 is 0 Å². The van der Waals surface area contributed by atoms with E-state index in [1.165, 1.54) is 5.56 Å². The maximum Gasteiger partial charge on any atom is 0.138 e. The quantitative estimate of drug-likeness (QED) is 0.648. The van der Waals surface area contributed by atoms with Gasteiger partial charge in [0.25, 0.3) is 0 Å². The molecule has 0 amide bonds. The van der Waals surface area contributed by atoms with E-state index in [0.717, 1.165) is 45.8 Å². The Morgan fingerprint density at radius 3 is 2.96 bits per heavy atom. The summed E-state index contributed by atoms with van der Waals surface area (Å²) in [4.78, 5) is 11.9. The summed E-state index contributed by atoms with van der Waals surface area (Å²) in [5.41, 5.74) is 9.80. The van der Waals surface area contributed by atoms with Crippen LogP contribution in [-0.2, 0) is 0 Å². The van der Waals surface area contributed by atoms with Gasteiger partial charge in [0.2, 0.25) is 0 Å². The molecule has 1 saturated carbocycles. The summed E-state index contributed by atoms with van der Waals surface area (Å²) < 4.78 is 0. The van der Waals surface area contributed by atoms with E-state index in [1.807, 2.05) is 18.5 Å². The summed E-state index contributed by atoms with van der Waals surface area (Å²) in [5.74, 6) is 0.395. The number of nitrogens with one attached hydrogen (secondary N) is 1. The minimum Gasteiger partial charge on any atom is -0.404 e. The molecule has 5 heteroatoms. The van der Waals surface area contributed by atoms with Crippen molar-refractivity contribution in [3.05, 3.63) is 47.9 Å². The minimum absolute atomic E-state index is 0.175. The fraction of sp³-hybridized carbons (Fsp3) is 0.263. The van der Waals surface area contributed by atoms with Gasteiger partial charge < -0.3 is 15.8 Å². The zero-order chi connectivity index (χ0) is 16.7. The normalized spacial score (nSPS) is 21.7. The molecule has 0 aliphatic heterocycles. The molecular formula is C19H20N4O. The number of aliphatic hydroxyl groups is 1. The van der Waals surface area contributed by atoms with Crippen molar-refractivity contribution >= 4 is 33.6 Å². The van der Waals surface area contributed by atoms with Crippen molar-refractivity contribution in [3.63, 3.8) is 0 Å². The lowest BCUT2D eigenvalue weighted by Crippen LogP contribution is -2.26.